The van der Waals surface area contributed by atoms with Gasteiger partial charge >= 0.3 is 6.03 Å². The number of likely N-dealkylation sites (tertiary alicyclic amines) is 1. The topological polar surface area (TPSA) is 66.3 Å². The van der Waals surface area contributed by atoms with Gasteiger partial charge in [0.05, 0.1) is 12.8 Å². The molecular weight excluding hydrogens is 444 g/mol. The Morgan fingerprint density at radius 1 is 1.19 bits per heavy atom. The molecule has 6 nitrogen and oxygen atoms in total. The second kappa shape index (κ2) is 9.96. The lowest BCUT2D eigenvalue weighted by atomic mass is 9.98. The fourth-order valence-corrected chi connectivity index (χ4v) is 4.94. The van der Waals surface area contributed by atoms with Crippen LogP contribution in [0.1, 0.15) is 31.7 Å². The van der Waals surface area contributed by atoms with Crippen LogP contribution in [0.15, 0.2) is 58.5 Å². The number of nitrogens with one attached hydrogen (secondary N) is 1. The third kappa shape index (κ3) is 5.10. The molecule has 1 N–H and O–H groups in total. The Labute approximate surface area is 198 Å². The molecule has 2 aliphatic heterocycles. The number of ether oxygens (including phenoxy) is 1. The van der Waals surface area contributed by atoms with Crippen LogP contribution in [0, 0.1) is 0 Å². The molecular formula is C24H27ClN4O2S. The number of nitrogens with zero attached hydrogens (tertiary/aromatic N) is 3. The second-order valence-corrected chi connectivity index (χ2v) is 9.38. The van der Waals surface area contributed by atoms with Crippen LogP contribution in [0.5, 0.6) is 5.75 Å². The number of aliphatic imine (C=N–C) groups is 2. The number of benzene rings is 2. The molecule has 2 aromatic carbocycles. The van der Waals surface area contributed by atoms with Crippen molar-refractivity contribution in [2.45, 2.75) is 31.8 Å². The van der Waals surface area contributed by atoms with Gasteiger partial charge in [-0.15, -0.1) is 11.8 Å². The summed E-state index contributed by atoms with van der Waals surface area (Å²) in [4.78, 5) is 24.7. The van der Waals surface area contributed by atoms with E-state index in [1.807, 2.05) is 41.3 Å². The van der Waals surface area contributed by atoms with Crippen molar-refractivity contribution in [3.05, 3.63) is 59.1 Å². The van der Waals surface area contributed by atoms with Gasteiger partial charge in [0.25, 0.3) is 0 Å². The summed E-state index contributed by atoms with van der Waals surface area (Å²) in [7, 11) is 1.66. The highest BCUT2D eigenvalue weighted by Gasteiger charge is 2.40. The molecule has 4 rings (SSSR count). The van der Waals surface area contributed by atoms with E-state index in [1.165, 1.54) is 0 Å². The molecule has 0 aliphatic carbocycles. The minimum Gasteiger partial charge on any atom is -0.497 e. The summed E-state index contributed by atoms with van der Waals surface area (Å²) in [5, 5.41) is 4.52. The number of thioether (sulfide) groups is 1. The van der Waals surface area contributed by atoms with E-state index in [9.17, 15) is 4.79 Å². The van der Waals surface area contributed by atoms with Gasteiger partial charge in [0.1, 0.15) is 10.8 Å². The van der Waals surface area contributed by atoms with Crippen LogP contribution in [-0.4, -0.2) is 53.3 Å². The fourth-order valence-electron chi connectivity index (χ4n) is 3.82. The Bertz CT molecular complexity index is 1030. The Morgan fingerprint density at radius 3 is 2.59 bits per heavy atom. The third-order valence-electron chi connectivity index (χ3n) is 5.57. The first-order valence-electron chi connectivity index (χ1n) is 10.8. The predicted octanol–water partition coefficient (Wildman–Crippen LogP) is 5.72. The monoisotopic (exact) mass is 470 g/mol. The molecule has 1 fully saturated rings. The van der Waals surface area contributed by atoms with E-state index in [2.05, 4.69) is 12.2 Å². The normalized spacial score (nSPS) is 17.2. The van der Waals surface area contributed by atoms with Crippen LogP contribution in [0.25, 0.3) is 0 Å². The quantitative estimate of drug-likeness (QED) is 0.607. The number of urea groups is 1. The first kappa shape index (κ1) is 22.7. The molecule has 1 spiro atoms. The summed E-state index contributed by atoms with van der Waals surface area (Å²) >= 11 is 7.78. The number of rotatable bonds is 5. The molecule has 1 saturated heterocycles. The molecule has 0 bridgehead atoms. The third-order valence-corrected chi connectivity index (χ3v) is 6.97. The fraction of sp³-hybridized carbons (Fsp3) is 0.375. The molecule has 8 heteroatoms. The highest BCUT2D eigenvalue weighted by atomic mass is 35.5. The van der Waals surface area contributed by atoms with Gasteiger partial charge in [0.2, 0.25) is 0 Å². The van der Waals surface area contributed by atoms with Gasteiger partial charge in [-0.05, 0) is 54.6 Å². The van der Waals surface area contributed by atoms with Crippen LogP contribution in [0.3, 0.4) is 0 Å². The van der Waals surface area contributed by atoms with Crippen molar-refractivity contribution >= 4 is 45.8 Å². The van der Waals surface area contributed by atoms with Crippen molar-refractivity contribution in [1.29, 1.82) is 0 Å². The number of methoxy groups -OCH3 is 1. The molecule has 0 aromatic heterocycles. The number of carbonyl (C=O) groups is 1. The first-order valence-corrected chi connectivity index (χ1v) is 12.2. The number of hydrogen-bond acceptors (Lipinski definition) is 5. The molecule has 2 heterocycles. The Hall–Kier alpha value is -2.51. The van der Waals surface area contributed by atoms with E-state index in [0.717, 1.165) is 34.2 Å². The molecule has 0 unspecified atom stereocenters. The van der Waals surface area contributed by atoms with Gasteiger partial charge < -0.3 is 15.0 Å². The molecule has 2 aliphatic rings. The zero-order valence-corrected chi connectivity index (χ0v) is 19.9. The van der Waals surface area contributed by atoms with E-state index < -0.39 is 5.66 Å². The maximum absolute atomic E-state index is 12.7. The maximum Gasteiger partial charge on any atom is 0.321 e. The van der Waals surface area contributed by atoms with Gasteiger partial charge in [0, 0.05) is 42.2 Å². The summed E-state index contributed by atoms with van der Waals surface area (Å²) < 4.78 is 5.29. The van der Waals surface area contributed by atoms with Gasteiger partial charge in [-0.1, -0.05) is 24.6 Å². The van der Waals surface area contributed by atoms with Gasteiger partial charge in [-0.3, -0.25) is 4.99 Å². The Balaban J connectivity index is 1.47. The van der Waals surface area contributed by atoms with Gasteiger partial charge in [-0.2, -0.15) is 0 Å². The smallest absolute Gasteiger partial charge is 0.321 e. The number of carbonyl (C=O) groups excluding carboxylic acids is 1. The number of halogens is 1. The summed E-state index contributed by atoms with van der Waals surface area (Å²) in [6, 6.07) is 15.0. The molecule has 2 aromatic rings. The molecule has 2 amide bonds. The molecule has 0 atom stereocenters. The van der Waals surface area contributed by atoms with Crippen molar-refractivity contribution in [1.82, 2.24) is 4.90 Å². The number of amides is 2. The average Bonchev–Trinajstić information content (AvgIpc) is 3.16. The summed E-state index contributed by atoms with van der Waals surface area (Å²) in [6.07, 6.45) is 2.47. The van der Waals surface area contributed by atoms with Crippen molar-refractivity contribution in [3.8, 4) is 5.75 Å². The lowest BCUT2D eigenvalue weighted by molar-refractivity contribution is 0.175. The lowest BCUT2D eigenvalue weighted by Crippen LogP contribution is -2.46. The first-order chi connectivity index (χ1) is 15.5. The number of anilines is 1. The summed E-state index contributed by atoms with van der Waals surface area (Å²) in [5.41, 5.74) is 2.20. The largest absolute Gasteiger partial charge is 0.497 e. The molecule has 168 valence electrons. The zero-order chi connectivity index (χ0) is 22.6. The van der Waals surface area contributed by atoms with E-state index in [0.29, 0.717) is 36.6 Å². The lowest BCUT2D eigenvalue weighted by Gasteiger charge is -2.35. The minimum atomic E-state index is -0.488. The van der Waals surface area contributed by atoms with Crippen molar-refractivity contribution in [3.63, 3.8) is 0 Å². The zero-order valence-electron chi connectivity index (χ0n) is 18.3. The van der Waals surface area contributed by atoms with Gasteiger partial charge in [0.15, 0.2) is 5.66 Å². The second-order valence-electron chi connectivity index (χ2n) is 7.86. The minimum absolute atomic E-state index is 0.121. The SMILES string of the molecule is CCCSC1=NC2(CCN(C(=O)Nc3cccc(Cl)c3)CC2)N=C1c1ccc(OC)cc1. The van der Waals surface area contributed by atoms with Gasteiger partial charge in [-0.25, -0.2) is 9.79 Å². The van der Waals surface area contributed by atoms with Crippen LogP contribution in [0.4, 0.5) is 10.5 Å². The van der Waals surface area contributed by atoms with Crippen molar-refractivity contribution in [2.75, 3.05) is 31.3 Å². The molecule has 0 radical (unpaired) electrons. The van der Waals surface area contributed by atoms with Crippen LogP contribution >= 0.6 is 23.4 Å². The summed E-state index contributed by atoms with van der Waals surface area (Å²) in [5.74, 6) is 1.82. The van der Waals surface area contributed by atoms with Crippen LogP contribution in [-0.2, 0) is 0 Å². The van der Waals surface area contributed by atoms with Crippen molar-refractivity contribution in [2.24, 2.45) is 9.98 Å². The Kier molecular flexibility index (Phi) is 7.06. The van der Waals surface area contributed by atoms with Crippen molar-refractivity contribution < 1.29 is 9.53 Å². The molecule has 32 heavy (non-hydrogen) atoms. The highest BCUT2D eigenvalue weighted by molar-refractivity contribution is 8.15. The van der Waals surface area contributed by atoms with E-state index in [4.69, 9.17) is 26.3 Å². The van der Waals surface area contributed by atoms with E-state index in [-0.39, 0.29) is 6.03 Å². The van der Waals surface area contributed by atoms with Crippen LogP contribution in [0.2, 0.25) is 5.02 Å². The van der Waals surface area contributed by atoms with E-state index >= 15 is 0 Å². The highest BCUT2D eigenvalue weighted by Crippen LogP contribution is 2.36. The van der Waals surface area contributed by atoms with E-state index in [1.54, 1.807) is 31.0 Å². The average molecular weight is 471 g/mol. The predicted molar refractivity (Wildman–Crippen MR) is 134 cm³/mol. The maximum atomic E-state index is 12.7. The number of piperidine rings is 1. The van der Waals surface area contributed by atoms with Crippen LogP contribution < -0.4 is 10.1 Å². The Morgan fingerprint density at radius 2 is 1.94 bits per heavy atom. The number of hydrogen-bond donors (Lipinski definition) is 1. The summed E-state index contributed by atoms with van der Waals surface area (Å²) in [6.45, 7) is 3.36. The molecule has 0 saturated carbocycles. The standard InChI is InChI=1S/C24H27ClN4O2S/c1-3-15-32-22-21(17-7-9-20(31-2)10-8-17)27-24(28-22)11-13-29(14-12-24)23(30)26-19-6-4-5-18(25)16-19/h4-10,16H,3,11-15H2,1-2H3,(H,26,30).